The number of esters is 1. The van der Waals surface area contributed by atoms with Crippen LogP contribution in [0.15, 0.2) is 65.4 Å². The lowest BCUT2D eigenvalue weighted by Crippen LogP contribution is -2.21. The van der Waals surface area contributed by atoms with E-state index in [0.29, 0.717) is 6.07 Å². The summed E-state index contributed by atoms with van der Waals surface area (Å²) in [6.07, 6.45) is 3.65. The van der Waals surface area contributed by atoms with Gasteiger partial charge in [-0.05, 0) is 52.3 Å². The van der Waals surface area contributed by atoms with Crippen LogP contribution < -0.4 is 5.32 Å². The van der Waals surface area contributed by atoms with Gasteiger partial charge in [-0.1, -0.05) is 6.07 Å². The molecule has 0 aliphatic rings. The van der Waals surface area contributed by atoms with E-state index in [2.05, 4.69) is 21.2 Å². The average molecular weight is 435 g/mol. The molecule has 0 spiro atoms. The number of ether oxygens (including phenoxy) is 1. The number of halogens is 3. The van der Waals surface area contributed by atoms with E-state index >= 15 is 0 Å². The number of hydrogen-bond donors (Lipinski definition) is 1. The molecule has 5 nitrogen and oxygen atoms in total. The first-order chi connectivity index (χ1) is 12.9. The third kappa shape index (κ3) is 4.59. The van der Waals surface area contributed by atoms with Crippen LogP contribution in [-0.2, 0) is 9.53 Å². The number of carbonyl (C=O) groups excluding carboxylic acids is 2. The highest BCUT2D eigenvalue weighted by atomic mass is 79.9. The maximum Gasteiger partial charge on any atom is 0.338 e. The Morgan fingerprint density at radius 1 is 1.07 bits per heavy atom. The molecule has 0 fully saturated rings. The van der Waals surface area contributed by atoms with Crippen molar-refractivity contribution in [2.75, 3.05) is 11.9 Å². The Kier molecular flexibility index (Phi) is 5.66. The maximum atomic E-state index is 13.7. The van der Waals surface area contributed by atoms with Gasteiger partial charge in [-0.25, -0.2) is 13.6 Å². The average Bonchev–Trinajstić information content (AvgIpc) is 3.17. The number of amides is 1. The third-order valence-electron chi connectivity index (χ3n) is 3.59. The Morgan fingerprint density at radius 2 is 1.81 bits per heavy atom. The number of anilines is 1. The molecule has 1 heterocycles. The van der Waals surface area contributed by atoms with Gasteiger partial charge in [0.2, 0.25) is 0 Å². The zero-order chi connectivity index (χ0) is 19.4. The fourth-order valence-electron chi connectivity index (χ4n) is 2.35. The zero-order valence-electron chi connectivity index (χ0n) is 13.8. The number of carbonyl (C=O) groups is 2. The predicted octanol–water partition coefficient (Wildman–Crippen LogP) is 4.31. The normalized spacial score (nSPS) is 10.5. The topological polar surface area (TPSA) is 60.3 Å². The van der Waals surface area contributed by atoms with Gasteiger partial charge >= 0.3 is 5.97 Å². The number of nitrogens with one attached hydrogen (secondary N) is 1. The van der Waals surface area contributed by atoms with Crippen LogP contribution in [0.25, 0.3) is 5.69 Å². The highest BCUT2D eigenvalue weighted by molar-refractivity contribution is 9.10. The molecule has 3 rings (SSSR count). The van der Waals surface area contributed by atoms with Crippen LogP contribution in [0.1, 0.15) is 10.4 Å². The molecule has 0 saturated carbocycles. The van der Waals surface area contributed by atoms with E-state index in [0.717, 1.165) is 11.8 Å². The van der Waals surface area contributed by atoms with E-state index in [-0.39, 0.29) is 15.7 Å². The van der Waals surface area contributed by atoms with Crippen molar-refractivity contribution in [1.29, 1.82) is 0 Å². The third-order valence-corrected chi connectivity index (χ3v) is 4.22. The summed E-state index contributed by atoms with van der Waals surface area (Å²) < 4.78 is 33.6. The lowest BCUT2D eigenvalue weighted by Gasteiger charge is -2.10. The molecule has 0 unspecified atom stereocenters. The highest BCUT2D eigenvalue weighted by Gasteiger charge is 2.15. The molecule has 0 aliphatic carbocycles. The molecule has 0 radical (unpaired) electrons. The van der Waals surface area contributed by atoms with Gasteiger partial charge in [0, 0.05) is 28.6 Å². The van der Waals surface area contributed by atoms with Crippen LogP contribution in [0.3, 0.4) is 0 Å². The van der Waals surface area contributed by atoms with Gasteiger partial charge in [0.25, 0.3) is 5.91 Å². The van der Waals surface area contributed by atoms with E-state index in [4.69, 9.17) is 4.74 Å². The summed E-state index contributed by atoms with van der Waals surface area (Å²) in [5.74, 6) is -3.18. The lowest BCUT2D eigenvalue weighted by molar-refractivity contribution is -0.119. The number of hydrogen-bond acceptors (Lipinski definition) is 3. The van der Waals surface area contributed by atoms with Gasteiger partial charge in [-0.2, -0.15) is 0 Å². The number of aromatic nitrogens is 1. The van der Waals surface area contributed by atoms with Crippen LogP contribution in [-0.4, -0.2) is 23.1 Å². The second-order valence-electron chi connectivity index (χ2n) is 5.51. The van der Waals surface area contributed by atoms with Crippen LogP contribution in [0, 0.1) is 11.6 Å². The van der Waals surface area contributed by atoms with Crippen molar-refractivity contribution in [3.05, 3.63) is 82.6 Å². The van der Waals surface area contributed by atoms with Crippen molar-refractivity contribution in [1.82, 2.24) is 4.57 Å². The fourth-order valence-corrected chi connectivity index (χ4v) is 2.86. The summed E-state index contributed by atoms with van der Waals surface area (Å²) in [6.45, 7) is -0.615. The van der Waals surface area contributed by atoms with Gasteiger partial charge in [0.15, 0.2) is 12.4 Å². The van der Waals surface area contributed by atoms with Gasteiger partial charge in [0.05, 0.1) is 11.3 Å². The first-order valence-electron chi connectivity index (χ1n) is 7.79. The van der Waals surface area contributed by atoms with Crippen molar-refractivity contribution in [3.8, 4) is 5.69 Å². The molecule has 0 bridgehead atoms. The molecule has 2 aromatic carbocycles. The molecular formula is C19H13BrF2N2O3. The Balaban J connectivity index is 1.63. The first-order valence-corrected chi connectivity index (χ1v) is 8.58. The number of benzene rings is 2. The van der Waals surface area contributed by atoms with Gasteiger partial charge in [-0.15, -0.1) is 0 Å². The first kappa shape index (κ1) is 18.8. The zero-order valence-corrected chi connectivity index (χ0v) is 15.4. The molecular weight excluding hydrogens is 422 g/mol. The summed E-state index contributed by atoms with van der Waals surface area (Å²) >= 11 is 2.97. The smallest absolute Gasteiger partial charge is 0.338 e. The number of nitrogens with zero attached hydrogens (tertiary/aromatic N) is 1. The largest absolute Gasteiger partial charge is 0.452 e. The van der Waals surface area contributed by atoms with Crippen LogP contribution in [0.4, 0.5) is 14.5 Å². The van der Waals surface area contributed by atoms with Gasteiger partial charge in [0.1, 0.15) is 5.82 Å². The minimum absolute atomic E-state index is 0.0408. The summed E-state index contributed by atoms with van der Waals surface area (Å²) in [4.78, 5) is 24.1. The molecule has 138 valence electrons. The summed E-state index contributed by atoms with van der Waals surface area (Å²) in [6, 6.07) is 12.0. The van der Waals surface area contributed by atoms with Crippen molar-refractivity contribution < 1.29 is 23.1 Å². The second-order valence-corrected chi connectivity index (χ2v) is 6.36. The molecule has 1 N–H and O–H groups in total. The quantitative estimate of drug-likeness (QED) is 0.608. The summed E-state index contributed by atoms with van der Waals surface area (Å²) in [5, 5.41) is 2.24. The molecule has 3 aromatic rings. The number of rotatable bonds is 5. The second kappa shape index (κ2) is 8.13. The van der Waals surface area contributed by atoms with Crippen molar-refractivity contribution in [3.63, 3.8) is 0 Å². The summed E-state index contributed by atoms with van der Waals surface area (Å²) in [7, 11) is 0. The maximum absolute atomic E-state index is 13.7. The van der Waals surface area contributed by atoms with E-state index in [1.54, 1.807) is 18.2 Å². The molecule has 1 amide bonds. The Labute approximate surface area is 161 Å². The predicted molar refractivity (Wildman–Crippen MR) is 98.7 cm³/mol. The van der Waals surface area contributed by atoms with Crippen molar-refractivity contribution >= 4 is 33.5 Å². The molecule has 0 saturated heterocycles. The van der Waals surface area contributed by atoms with Crippen LogP contribution in [0.2, 0.25) is 0 Å². The van der Waals surface area contributed by atoms with Crippen LogP contribution in [0.5, 0.6) is 0 Å². The highest BCUT2D eigenvalue weighted by Crippen LogP contribution is 2.26. The van der Waals surface area contributed by atoms with Gasteiger partial charge < -0.3 is 14.6 Å². The van der Waals surface area contributed by atoms with E-state index < -0.39 is 30.1 Å². The monoisotopic (exact) mass is 434 g/mol. The SMILES string of the molecule is O=C(COC(=O)c1cccc(-n2cccc2)c1)Nc1c(F)cc(F)cc1Br. The Morgan fingerprint density at radius 3 is 2.52 bits per heavy atom. The molecule has 8 heteroatoms. The minimum Gasteiger partial charge on any atom is -0.452 e. The summed E-state index contributed by atoms with van der Waals surface area (Å²) in [5.41, 5.74) is 0.798. The molecule has 27 heavy (non-hydrogen) atoms. The van der Waals surface area contributed by atoms with Gasteiger partial charge in [-0.3, -0.25) is 4.79 Å². The minimum atomic E-state index is -0.944. The van der Waals surface area contributed by atoms with Crippen LogP contribution >= 0.6 is 15.9 Å². The molecule has 0 atom stereocenters. The standard InChI is InChI=1S/C19H13BrF2N2O3/c20-15-9-13(21)10-16(22)18(15)23-17(25)11-27-19(26)12-4-3-5-14(8-12)24-6-1-2-7-24/h1-10H,11H2,(H,23,25). The molecule has 0 aliphatic heterocycles. The van der Waals surface area contributed by atoms with E-state index in [1.807, 2.05) is 35.2 Å². The molecule has 1 aromatic heterocycles. The fraction of sp³-hybridized carbons (Fsp3) is 0.0526. The van der Waals surface area contributed by atoms with E-state index in [9.17, 15) is 18.4 Å². The lowest BCUT2D eigenvalue weighted by atomic mass is 10.2. The van der Waals surface area contributed by atoms with Crippen molar-refractivity contribution in [2.24, 2.45) is 0 Å². The Hall–Kier alpha value is -3.00. The Bertz CT molecular complexity index is 967. The van der Waals surface area contributed by atoms with E-state index in [1.165, 1.54) is 0 Å². The van der Waals surface area contributed by atoms with Crippen molar-refractivity contribution in [2.45, 2.75) is 0 Å².